The molecule has 2 heterocycles. The molecule has 1 saturated heterocycles. The monoisotopic (exact) mass is 341 g/mol. The fourth-order valence-corrected chi connectivity index (χ4v) is 3.54. The molecular weight excluding hydrogens is 322 g/mol. The molecule has 5 heteroatoms. The smallest absolute Gasteiger partial charge is 0.168 e. The van der Waals surface area contributed by atoms with Crippen molar-refractivity contribution in [2.75, 3.05) is 33.4 Å². The van der Waals surface area contributed by atoms with Gasteiger partial charge in [-0.05, 0) is 35.3 Å². The average Bonchev–Trinajstić information content (AvgIpc) is 2.71. The number of rotatable bonds is 2. The summed E-state index contributed by atoms with van der Waals surface area (Å²) < 4.78 is 18.4. The van der Waals surface area contributed by atoms with Crippen LogP contribution in [0.3, 0.4) is 0 Å². The van der Waals surface area contributed by atoms with E-state index in [-0.39, 0.29) is 0 Å². The highest BCUT2D eigenvalue weighted by molar-refractivity contribution is 9.10. The maximum absolute atomic E-state index is 5.98. The number of halogens is 1. The summed E-state index contributed by atoms with van der Waals surface area (Å²) in [4.78, 5) is 0. The molecule has 4 nitrogen and oxygen atoms in total. The zero-order valence-electron chi connectivity index (χ0n) is 11.7. The van der Waals surface area contributed by atoms with E-state index in [1.54, 1.807) is 7.11 Å². The highest BCUT2D eigenvalue weighted by Gasteiger charge is 2.28. The van der Waals surface area contributed by atoms with Crippen LogP contribution >= 0.6 is 15.9 Å². The number of hydrogen-bond donors (Lipinski definition) is 1. The van der Waals surface area contributed by atoms with Crippen molar-refractivity contribution in [1.82, 2.24) is 5.32 Å². The predicted octanol–water partition coefficient (Wildman–Crippen LogP) is 3.09. The van der Waals surface area contributed by atoms with Crippen molar-refractivity contribution >= 4 is 15.9 Å². The van der Waals surface area contributed by atoms with Crippen LogP contribution in [0.2, 0.25) is 0 Å². The Hall–Kier alpha value is -0.940. The van der Waals surface area contributed by atoms with E-state index in [4.69, 9.17) is 14.2 Å². The molecule has 0 aliphatic carbocycles. The topological polar surface area (TPSA) is 39.7 Å². The van der Waals surface area contributed by atoms with E-state index in [9.17, 15) is 0 Å². The van der Waals surface area contributed by atoms with Crippen LogP contribution in [-0.2, 0) is 0 Å². The van der Waals surface area contributed by atoms with Gasteiger partial charge in [-0.1, -0.05) is 0 Å². The van der Waals surface area contributed by atoms with Crippen LogP contribution in [0.4, 0.5) is 0 Å². The minimum absolute atomic E-state index is 0.409. The third kappa shape index (κ3) is 2.61. The van der Waals surface area contributed by atoms with Gasteiger partial charge in [0.2, 0.25) is 0 Å². The minimum Gasteiger partial charge on any atom is -0.495 e. The van der Waals surface area contributed by atoms with Crippen LogP contribution in [0, 0.1) is 0 Å². The Morgan fingerprint density at radius 1 is 1.30 bits per heavy atom. The van der Waals surface area contributed by atoms with Gasteiger partial charge in [-0.2, -0.15) is 0 Å². The van der Waals surface area contributed by atoms with Crippen molar-refractivity contribution < 1.29 is 14.2 Å². The van der Waals surface area contributed by atoms with E-state index in [1.807, 2.05) is 6.07 Å². The van der Waals surface area contributed by atoms with Crippen molar-refractivity contribution in [3.63, 3.8) is 0 Å². The second-order valence-corrected chi connectivity index (χ2v) is 6.08. The van der Waals surface area contributed by atoms with Crippen molar-refractivity contribution in [2.45, 2.75) is 25.2 Å². The predicted molar refractivity (Wildman–Crippen MR) is 81.1 cm³/mol. The fraction of sp³-hybridized carbons (Fsp3) is 0.600. The Balaban J connectivity index is 2.09. The van der Waals surface area contributed by atoms with Gasteiger partial charge in [0.15, 0.2) is 11.5 Å². The van der Waals surface area contributed by atoms with Gasteiger partial charge < -0.3 is 19.5 Å². The lowest BCUT2D eigenvalue weighted by molar-refractivity contribution is 0.293. The molecule has 110 valence electrons. The quantitative estimate of drug-likeness (QED) is 0.897. The standard InChI is InChI=1S/C15H20BrNO3/c1-18-14-11(16)8-12-15(20-7-3-6-19-12)13(14)10-4-2-5-17-9-10/h8,10,17H,2-7,9H2,1H3. The van der Waals surface area contributed by atoms with E-state index < -0.39 is 0 Å². The normalized spacial score (nSPS) is 22.2. The molecule has 1 aromatic rings. The average molecular weight is 342 g/mol. The largest absolute Gasteiger partial charge is 0.495 e. The highest BCUT2D eigenvalue weighted by atomic mass is 79.9. The van der Waals surface area contributed by atoms with Gasteiger partial charge >= 0.3 is 0 Å². The molecule has 1 unspecified atom stereocenters. The lowest BCUT2D eigenvalue weighted by atomic mass is 9.90. The Labute approximate surface area is 127 Å². The molecule has 1 atom stereocenters. The second-order valence-electron chi connectivity index (χ2n) is 5.23. The van der Waals surface area contributed by atoms with E-state index in [1.165, 1.54) is 6.42 Å². The lowest BCUT2D eigenvalue weighted by Gasteiger charge is -2.27. The second kappa shape index (κ2) is 6.22. The molecule has 0 radical (unpaired) electrons. The molecule has 1 aromatic carbocycles. The summed E-state index contributed by atoms with van der Waals surface area (Å²) in [5, 5.41) is 3.46. The Morgan fingerprint density at radius 2 is 2.15 bits per heavy atom. The third-order valence-corrected chi connectivity index (χ3v) is 4.48. The summed E-state index contributed by atoms with van der Waals surface area (Å²) in [6, 6.07) is 1.96. The summed E-state index contributed by atoms with van der Waals surface area (Å²) in [7, 11) is 1.71. The van der Waals surface area contributed by atoms with Crippen molar-refractivity contribution in [1.29, 1.82) is 0 Å². The van der Waals surface area contributed by atoms with Gasteiger partial charge in [0, 0.05) is 30.5 Å². The van der Waals surface area contributed by atoms with Crippen LogP contribution in [0.5, 0.6) is 17.2 Å². The number of piperidine rings is 1. The zero-order chi connectivity index (χ0) is 13.9. The van der Waals surface area contributed by atoms with Crippen molar-refractivity contribution in [3.8, 4) is 17.2 Å². The van der Waals surface area contributed by atoms with Gasteiger partial charge in [0.25, 0.3) is 0 Å². The molecule has 0 amide bonds. The van der Waals surface area contributed by atoms with Gasteiger partial charge in [-0.3, -0.25) is 0 Å². The third-order valence-electron chi connectivity index (χ3n) is 3.89. The first-order valence-corrected chi connectivity index (χ1v) is 7.97. The summed E-state index contributed by atoms with van der Waals surface area (Å²) in [5.74, 6) is 2.99. The first kappa shape index (κ1) is 14.0. The summed E-state index contributed by atoms with van der Waals surface area (Å²) in [5.41, 5.74) is 1.14. The fourth-order valence-electron chi connectivity index (χ4n) is 2.96. The minimum atomic E-state index is 0.409. The molecule has 0 spiro atoms. The highest BCUT2D eigenvalue weighted by Crippen LogP contribution is 2.48. The number of methoxy groups -OCH3 is 1. The van der Waals surface area contributed by atoms with Gasteiger partial charge in [0.1, 0.15) is 5.75 Å². The van der Waals surface area contributed by atoms with Crippen LogP contribution in [0.25, 0.3) is 0 Å². The molecule has 2 aliphatic rings. The number of nitrogens with one attached hydrogen (secondary N) is 1. The molecule has 1 N–H and O–H groups in total. The molecule has 20 heavy (non-hydrogen) atoms. The van der Waals surface area contributed by atoms with Gasteiger partial charge in [-0.25, -0.2) is 0 Å². The number of fused-ring (bicyclic) bond motifs is 1. The van der Waals surface area contributed by atoms with Crippen LogP contribution in [0.1, 0.15) is 30.7 Å². The Bertz CT molecular complexity index is 486. The Kier molecular flexibility index (Phi) is 4.36. The Morgan fingerprint density at radius 3 is 2.90 bits per heavy atom. The van der Waals surface area contributed by atoms with E-state index in [0.717, 1.165) is 53.2 Å². The maximum atomic E-state index is 5.98. The van der Waals surface area contributed by atoms with Crippen molar-refractivity contribution in [3.05, 3.63) is 16.1 Å². The molecule has 0 saturated carbocycles. The van der Waals surface area contributed by atoms with Gasteiger partial charge in [-0.15, -0.1) is 0 Å². The first-order valence-electron chi connectivity index (χ1n) is 7.18. The maximum Gasteiger partial charge on any atom is 0.168 e. The van der Waals surface area contributed by atoms with Crippen LogP contribution in [-0.4, -0.2) is 33.4 Å². The van der Waals surface area contributed by atoms with E-state index in [2.05, 4.69) is 21.2 Å². The summed E-state index contributed by atoms with van der Waals surface area (Å²) in [6.07, 6.45) is 3.24. The lowest BCUT2D eigenvalue weighted by Crippen LogP contribution is -2.29. The molecular formula is C15H20BrNO3. The number of benzene rings is 1. The summed E-state index contributed by atoms with van der Waals surface area (Å²) >= 11 is 3.60. The SMILES string of the molecule is COc1c(Br)cc2c(c1C1CCCNC1)OCCCO2. The molecule has 0 bridgehead atoms. The van der Waals surface area contributed by atoms with E-state index in [0.29, 0.717) is 19.1 Å². The molecule has 3 rings (SSSR count). The molecule has 2 aliphatic heterocycles. The molecule has 1 fully saturated rings. The van der Waals surface area contributed by atoms with Crippen molar-refractivity contribution in [2.24, 2.45) is 0 Å². The first-order chi connectivity index (χ1) is 9.81. The van der Waals surface area contributed by atoms with E-state index >= 15 is 0 Å². The van der Waals surface area contributed by atoms with Gasteiger partial charge in [0.05, 0.1) is 24.8 Å². The number of ether oxygens (including phenoxy) is 3. The number of hydrogen-bond acceptors (Lipinski definition) is 4. The molecule has 0 aromatic heterocycles. The van der Waals surface area contributed by atoms with Crippen LogP contribution in [0.15, 0.2) is 10.5 Å². The summed E-state index contributed by atoms with van der Waals surface area (Å²) in [6.45, 7) is 3.45. The zero-order valence-corrected chi connectivity index (χ0v) is 13.3. The van der Waals surface area contributed by atoms with Crippen LogP contribution < -0.4 is 19.5 Å².